The standard InChI is InChI=1S/C16H17F3N4O3/c1-15(2,3)14(24)26-11(10-6-21-8-23-13(10)25-4)9-5-20-7-22-12(9)16(17,18)19/h5-8,11H,1-4H3. The van der Waals surface area contributed by atoms with Gasteiger partial charge in [-0.25, -0.2) is 19.9 Å². The number of hydrogen-bond donors (Lipinski definition) is 0. The van der Waals surface area contributed by atoms with Crippen molar-refractivity contribution in [2.75, 3.05) is 7.11 Å². The Labute approximate surface area is 147 Å². The topological polar surface area (TPSA) is 87.1 Å². The largest absolute Gasteiger partial charge is 0.481 e. The van der Waals surface area contributed by atoms with Gasteiger partial charge in [-0.15, -0.1) is 0 Å². The van der Waals surface area contributed by atoms with Crippen LogP contribution in [0.15, 0.2) is 25.0 Å². The fraction of sp³-hybridized carbons (Fsp3) is 0.438. The summed E-state index contributed by atoms with van der Waals surface area (Å²) in [6.07, 6.45) is -2.16. The molecule has 0 radical (unpaired) electrons. The van der Waals surface area contributed by atoms with Gasteiger partial charge in [0.15, 0.2) is 11.8 Å². The lowest BCUT2D eigenvalue weighted by atomic mass is 9.96. The van der Waals surface area contributed by atoms with Crippen LogP contribution in [0.4, 0.5) is 13.2 Å². The summed E-state index contributed by atoms with van der Waals surface area (Å²) in [5.74, 6) is -0.742. The van der Waals surface area contributed by atoms with E-state index in [2.05, 4.69) is 19.9 Å². The Morgan fingerprint density at radius 3 is 2.15 bits per heavy atom. The number of aromatic nitrogens is 4. The Bertz CT molecular complexity index is 791. The average molecular weight is 370 g/mol. The molecule has 26 heavy (non-hydrogen) atoms. The molecule has 0 saturated carbocycles. The summed E-state index contributed by atoms with van der Waals surface area (Å²) in [5, 5.41) is 0. The fourth-order valence-corrected chi connectivity index (χ4v) is 2.03. The van der Waals surface area contributed by atoms with Gasteiger partial charge >= 0.3 is 12.1 Å². The summed E-state index contributed by atoms with van der Waals surface area (Å²) in [5.41, 5.74) is -2.56. The third kappa shape index (κ3) is 4.24. The van der Waals surface area contributed by atoms with E-state index in [9.17, 15) is 18.0 Å². The summed E-state index contributed by atoms with van der Waals surface area (Å²) >= 11 is 0. The molecule has 2 aromatic rings. The van der Waals surface area contributed by atoms with Crippen molar-refractivity contribution in [2.24, 2.45) is 5.41 Å². The van der Waals surface area contributed by atoms with Gasteiger partial charge in [-0.3, -0.25) is 4.79 Å². The molecular weight excluding hydrogens is 353 g/mol. The SMILES string of the molecule is COc1ncncc1C(OC(=O)C(C)(C)C)c1cncnc1C(F)(F)F. The number of halogens is 3. The Morgan fingerprint density at radius 2 is 1.62 bits per heavy atom. The van der Waals surface area contributed by atoms with Crippen LogP contribution >= 0.6 is 0 Å². The van der Waals surface area contributed by atoms with E-state index in [4.69, 9.17) is 9.47 Å². The zero-order valence-corrected chi connectivity index (χ0v) is 14.5. The molecule has 1 unspecified atom stereocenters. The first-order valence-electron chi connectivity index (χ1n) is 7.47. The first kappa shape index (κ1) is 19.5. The lowest BCUT2D eigenvalue weighted by Gasteiger charge is -2.25. The van der Waals surface area contributed by atoms with Gasteiger partial charge in [0.25, 0.3) is 0 Å². The predicted octanol–water partition coefficient (Wildman–Crippen LogP) is 2.97. The molecule has 0 aliphatic carbocycles. The molecule has 0 spiro atoms. The molecule has 2 heterocycles. The molecule has 0 bridgehead atoms. The molecular formula is C16H17F3N4O3. The molecule has 0 saturated heterocycles. The van der Waals surface area contributed by atoms with Gasteiger partial charge in [0.05, 0.1) is 18.1 Å². The van der Waals surface area contributed by atoms with Crippen molar-refractivity contribution in [1.82, 2.24) is 19.9 Å². The summed E-state index contributed by atoms with van der Waals surface area (Å²) in [7, 11) is 1.29. The minimum absolute atomic E-state index is 0.0244. The summed E-state index contributed by atoms with van der Waals surface area (Å²) in [6.45, 7) is 4.74. The molecule has 0 aliphatic rings. The minimum Gasteiger partial charge on any atom is -0.481 e. The Balaban J connectivity index is 2.65. The monoisotopic (exact) mass is 370 g/mol. The first-order chi connectivity index (χ1) is 12.1. The zero-order chi connectivity index (χ0) is 19.5. The highest BCUT2D eigenvalue weighted by Gasteiger charge is 2.40. The van der Waals surface area contributed by atoms with Gasteiger partial charge < -0.3 is 9.47 Å². The van der Waals surface area contributed by atoms with E-state index >= 15 is 0 Å². The number of rotatable bonds is 4. The number of ether oxygens (including phenoxy) is 2. The molecule has 2 aromatic heterocycles. The van der Waals surface area contributed by atoms with Crippen molar-refractivity contribution in [2.45, 2.75) is 33.1 Å². The third-order valence-corrected chi connectivity index (χ3v) is 3.31. The Morgan fingerprint density at radius 1 is 1.04 bits per heavy atom. The van der Waals surface area contributed by atoms with Crippen molar-refractivity contribution >= 4 is 5.97 Å². The predicted molar refractivity (Wildman–Crippen MR) is 83.0 cm³/mol. The maximum absolute atomic E-state index is 13.4. The lowest BCUT2D eigenvalue weighted by Crippen LogP contribution is -2.27. The second-order valence-corrected chi connectivity index (χ2v) is 6.35. The molecule has 2 rings (SSSR count). The van der Waals surface area contributed by atoms with Crippen LogP contribution in [0, 0.1) is 5.41 Å². The highest BCUT2D eigenvalue weighted by molar-refractivity contribution is 5.76. The molecule has 0 fully saturated rings. The van der Waals surface area contributed by atoms with Gasteiger partial charge in [0.1, 0.15) is 12.7 Å². The first-order valence-corrected chi connectivity index (χ1v) is 7.47. The van der Waals surface area contributed by atoms with Crippen LogP contribution in [0.3, 0.4) is 0 Å². The number of esters is 1. The van der Waals surface area contributed by atoms with E-state index in [1.807, 2.05) is 0 Å². The number of alkyl halides is 3. The quantitative estimate of drug-likeness (QED) is 0.765. The number of hydrogen-bond acceptors (Lipinski definition) is 7. The van der Waals surface area contributed by atoms with Gasteiger partial charge in [-0.1, -0.05) is 0 Å². The molecule has 7 nitrogen and oxygen atoms in total. The van der Waals surface area contributed by atoms with Crippen molar-refractivity contribution < 1.29 is 27.4 Å². The lowest BCUT2D eigenvalue weighted by molar-refractivity contribution is -0.159. The number of carbonyl (C=O) groups is 1. The summed E-state index contributed by atoms with van der Waals surface area (Å²) in [4.78, 5) is 27.0. The number of methoxy groups -OCH3 is 1. The molecule has 0 N–H and O–H groups in total. The molecule has 0 amide bonds. The van der Waals surface area contributed by atoms with E-state index in [0.29, 0.717) is 0 Å². The maximum Gasteiger partial charge on any atom is 0.433 e. The molecule has 0 aromatic carbocycles. The van der Waals surface area contributed by atoms with E-state index in [1.165, 1.54) is 13.3 Å². The third-order valence-electron chi connectivity index (χ3n) is 3.31. The van der Waals surface area contributed by atoms with Crippen LogP contribution in [0.2, 0.25) is 0 Å². The van der Waals surface area contributed by atoms with Gasteiger partial charge in [-0.2, -0.15) is 13.2 Å². The number of nitrogens with zero attached hydrogens (tertiary/aromatic N) is 4. The van der Waals surface area contributed by atoms with Crippen LogP contribution in [0.5, 0.6) is 5.88 Å². The Hall–Kier alpha value is -2.78. The van der Waals surface area contributed by atoms with Crippen molar-refractivity contribution in [1.29, 1.82) is 0 Å². The Kier molecular flexibility index (Phi) is 5.43. The van der Waals surface area contributed by atoms with Crippen LogP contribution in [0.1, 0.15) is 43.7 Å². The molecule has 0 aliphatic heterocycles. The maximum atomic E-state index is 13.4. The average Bonchev–Trinajstić information content (AvgIpc) is 2.58. The number of carbonyl (C=O) groups excluding carboxylic acids is 1. The van der Waals surface area contributed by atoms with Crippen molar-refractivity contribution in [3.63, 3.8) is 0 Å². The van der Waals surface area contributed by atoms with Gasteiger partial charge in [0.2, 0.25) is 5.88 Å². The zero-order valence-electron chi connectivity index (χ0n) is 14.5. The molecule has 10 heteroatoms. The smallest absolute Gasteiger partial charge is 0.433 e. The van der Waals surface area contributed by atoms with Crippen LogP contribution in [0.25, 0.3) is 0 Å². The molecule has 1 atom stereocenters. The van der Waals surface area contributed by atoms with E-state index in [-0.39, 0.29) is 11.4 Å². The minimum atomic E-state index is -4.77. The van der Waals surface area contributed by atoms with Crippen molar-refractivity contribution in [3.8, 4) is 5.88 Å². The fourth-order valence-electron chi connectivity index (χ4n) is 2.03. The van der Waals surface area contributed by atoms with Crippen LogP contribution in [-0.2, 0) is 15.7 Å². The van der Waals surface area contributed by atoms with Gasteiger partial charge in [-0.05, 0) is 20.8 Å². The normalized spacial score (nSPS) is 13.2. The van der Waals surface area contributed by atoms with Crippen molar-refractivity contribution in [3.05, 3.63) is 41.9 Å². The van der Waals surface area contributed by atoms with E-state index in [1.54, 1.807) is 20.8 Å². The summed E-state index contributed by atoms with van der Waals surface area (Å²) in [6, 6.07) is 0. The van der Waals surface area contributed by atoms with E-state index < -0.39 is 34.9 Å². The van der Waals surface area contributed by atoms with Crippen LogP contribution in [-0.4, -0.2) is 33.0 Å². The second-order valence-electron chi connectivity index (χ2n) is 6.35. The highest BCUT2D eigenvalue weighted by Crippen LogP contribution is 2.39. The molecule has 140 valence electrons. The second kappa shape index (κ2) is 7.22. The van der Waals surface area contributed by atoms with Gasteiger partial charge in [0, 0.05) is 18.0 Å². The summed E-state index contributed by atoms with van der Waals surface area (Å²) < 4.78 is 50.6. The highest BCUT2D eigenvalue weighted by atomic mass is 19.4. The van der Waals surface area contributed by atoms with E-state index in [0.717, 1.165) is 18.9 Å². The van der Waals surface area contributed by atoms with Crippen LogP contribution < -0.4 is 4.74 Å².